The molecule has 0 spiro atoms. The van der Waals surface area contributed by atoms with Crippen LogP contribution in [0.2, 0.25) is 0 Å². The molecule has 0 saturated heterocycles. The van der Waals surface area contributed by atoms with Crippen molar-refractivity contribution in [1.82, 2.24) is 10.6 Å². The lowest BCUT2D eigenvalue weighted by atomic mass is 10.2. The lowest BCUT2D eigenvalue weighted by molar-refractivity contribution is -0.122. The summed E-state index contributed by atoms with van der Waals surface area (Å²) >= 11 is 0. The number of carbonyl (C=O) groups is 2. The zero-order chi connectivity index (χ0) is 16.8. The van der Waals surface area contributed by atoms with Gasteiger partial charge in [-0.05, 0) is 45.4 Å². The van der Waals surface area contributed by atoms with E-state index < -0.39 is 17.7 Å². The lowest BCUT2D eigenvalue weighted by Gasteiger charge is -2.21. The smallest absolute Gasteiger partial charge is 0.408 e. The van der Waals surface area contributed by atoms with Gasteiger partial charge in [0.05, 0.1) is 7.11 Å². The molecule has 1 unspecified atom stereocenters. The van der Waals surface area contributed by atoms with Crippen LogP contribution in [0.3, 0.4) is 0 Å². The normalized spacial score (nSPS) is 12.2. The number of ether oxygens (including phenoxy) is 2. The zero-order valence-electron chi connectivity index (χ0n) is 13.7. The zero-order valence-corrected chi connectivity index (χ0v) is 13.7. The maximum atomic E-state index is 11.9. The van der Waals surface area contributed by atoms with E-state index in [1.54, 1.807) is 34.8 Å². The third kappa shape index (κ3) is 6.47. The van der Waals surface area contributed by atoms with Crippen LogP contribution in [0.25, 0.3) is 0 Å². The molecular formula is C16H24N2O4. The van der Waals surface area contributed by atoms with Crippen molar-refractivity contribution in [3.63, 3.8) is 0 Å². The standard InChI is InChI=1S/C16H24N2O4/c1-11(18-15(20)22-16(2,3)4)14(19)17-10-12-6-8-13(21-5)9-7-12/h6-9,11H,10H2,1-5H3,(H,17,19)(H,18,20). The van der Waals surface area contributed by atoms with E-state index in [0.29, 0.717) is 6.54 Å². The highest BCUT2D eigenvalue weighted by Gasteiger charge is 2.20. The Morgan fingerprint density at radius 3 is 2.27 bits per heavy atom. The Hall–Kier alpha value is -2.24. The highest BCUT2D eigenvalue weighted by molar-refractivity contribution is 5.85. The molecule has 0 aliphatic heterocycles. The van der Waals surface area contributed by atoms with Gasteiger partial charge in [-0.2, -0.15) is 0 Å². The van der Waals surface area contributed by atoms with E-state index in [1.165, 1.54) is 0 Å². The molecule has 2 N–H and O–H groups in total. The first kappa shape index (κ1) is 17.8. The summed E-state index contributed by atoms with van der Waals surface area (Å²) in [5.74, 6) is 0.483. The molecule has 0 aliphatic carbocycles. The van der Waals surface area contributed by atoms with Gasteiger partial charge in [0.2, 0.25) is 5.91 Å². The SMILES string of the molecule is COc1ccc(CNC(=O)C(C)NC(=O)OC(C)(C)C)cc1. The molecule has 122 valence electrons. The predicted molar refractivity (Wildman–Crippen MR) is 83.7 cm³/mol. The van der Waals surface area contributed by atoms with Crippen LogP contribution in [0.1, 0.15) is 33.3 Å². The molecule has 6 nitrogen and oxygen atoms in total. The van der Waals surface area contributed by atoms with Gasteiger partial charge in [0.25, 0.3) is 0 Å². The van der Waals surface area contributed by atoms with E-state index in [2.05, 4.69) is 10.6 Å². The van der Waals surface area contributed by atoms with Crippen molar-refractivity contribution in [3.05, 3.63) is 29.8 Å². The van der Waals surface area contributed by atoms with Gasteiger partial charge in [0.1, 0.15) is 17.4 Å². The molecule has 0 saturated carbocycles. The molecule has 0 bridgehead atoms. The van der Waals surface area contributed by atoms with E-state index in [4.69, 9.17) is 9.47 Å². The second-order valence-electron chi connectivity index (χ2n) is 5.93. The van der Waals surface area contributed by atoms with Gasteiger partial charge < -0.3 is 20.1 Å². The fourth-order valence-corrected chi connectivity index (χ4v) is 1.64. The van der Waals surface area contributed by atoms with Crippen LogP contribution >= 0.6 is 0 Å². The number of benzene rings is 1. The van der Waals surface area contributed by atoms with Gasteiger partial charge in [0.15, 0.2) is 0 Å². The van der Waals surface area contributed by atoms with Crippen molar-refractivity contribution in [2.45, 2.75) is 45.9 Å². The highest BCUT2D eigenvalue weighted by Crippen LogP contribution is 2.11. The van der Waals surface area contributed by atoms with Crippen LogP contribution < -0.4 is 15.4 Å². The van der Waals surface area contributed by atoms with Crippen molar-refractivity contribution in [1.29, 1.82) is 0 Å². The van der Waals surface area contributed by atoms with Gasteiger partial charge in [-0.15, -0.1) is 0 Å². The number of rotatable bonds is 5. The Bertz CT molecular complexity index is 506. The predicted octanol–water partition coefficient (Wildman–Crippen LogP) is 2.22. The average molecular weight is 308 g/mol. The second-order valence-corrected chi connectivity index (χ2v) is 5.93. The van der Waals surface area contributed by atoms with Crippen molar-refractivity contribution < 1.29 is 19.1 Å². The third-order valence-corrected chi connectivity index (χ3v) is 2.75. The number of alkyl carbamates (subject to hydrolysis) is 1. The van der Waals surface area contributed by atoms with Gasteiger partial charge in [-0.1, -0.05) is 12.1 Å². The molecule has 1 atom stereocenters. The number of hydrogen-bond acceptors (Lipinski definition) is 4. The number of hydrogen-bond donors (Lipinski definition) is 2. The van der Waals surface area contributed by atoms with Crippen LogP contribution in [-0.4, -0.2) is 30.8 Å². The summed E-state index contributed by atoms with van der Waals surface area (Å²) in [6.07, 6.45) is -0.611. The summed E-state index contributed by atoms with van der Waals surface area (Å²) in [5, 5.41) is 5.25. The first-order valence-corrected chi connectivity index (χ1v) is 7.11. The summed E-state index contributed by atoms with van der Waals surface area (Å²) in [4.78, 5) is 23.5. The minimum absolute atomic E-state index is 0.276. The van der Waals surface area contributed by atoms with Crippen LogP contribution in [0.15, 0.2) is 24.3 Å². The van der Waals surface area contributed by atoms with Gasteiger partial charge in [-0.25, -0.2) is 4.79 Å². The van der Waals surface area contributed by atoms with Gasteiger partial charge in [0, 0.05) is 6.54 Å². The maximum Gasteiger partial charge on any atom is 0.408 e. The molecule has 22 heavy (non-hydrogen) atoms. The van der Waals surface area contributed by atoms with Gasteiger partial charge >= 0.3 is 6.09 Å². The Balaban J connectivity index is 2.42. The summed E-state index contributed by atoms with van der Waals surface area (Å²) < 4.78 is 10.2. The summed E-state index contributed by atoms with van der Waals surface area (Å²) in [5.41, 5.74) is 0.349. The van der Waals surface area contributed by atoms with E-state index in [-0.39, 0.29) is 5.91 Å². The second kappa shape index (κ2) is 7.68. The molecule has 0 aromatic heterocycles. The number of amides is 2. The van der Waals surface area contributed by atoms with E-state index in [1.807, 2.05) is 24.3 Å². The maximum absolute atomic E-state index is 11.9. The molecule has 0 heterocycles. The van der Waals surface area contributed by atoms with Crippen molar-refractivity contribution >= 4 is 12.0 Å². The molecule has 2 amide bonds. The fourth-order valence-electron chi connectivity index (χ4n) is 1.64. The van der Waals surface area contributed by atoms with Crippen molar-refractivity contribution in [2.75, 3.05) is 7.11 Å². The van der Waals surface area contributed by atoms with Crippen LogP contribution in [0, 0.1) is 0 Å². The van der Waals surface area contributed by atoms with Crippen molar-refractivity contribution in [3.8, 4) is 5.75 Å². The number of methoxy groups -OCH3 is 1. The molecule has 0 fully saturated rings. The number of nitrogens with one attached hydrogen (secondary N) is 2. The van der Waals surface area contributed by atoms with Crippen LogP contribution in [0.4, 0.5) is 4.79 Å². The molecule has 0 radical (unpaired) electrons. The average Bonchev–Trinajstić information content (AvgIpc) is 2.43. The van der Waals surface area contributed by atoms with E-state index in [9.17, 15) is 9.59 Å². The molecule has 6 heteroatoms. The first-order chi connectivity index (χ1) is 10.2. The summed E-state index contributed by atoms with van der Waals surface area (Å²) in [6, 6.07) is 6.71. The first-order valence-electron chi connectivity index (χ1n) is 7.11. The lowest BCUT2D eigenvalue weighted by Crippen LogP contribution is -2.46. The third-order valence-electron chi connectivity index (χ3n) is 2.75. The van der Waals surface area contributed by atoms with Gasteiger partial charge in [-0.3, -0.25) is 4.79 Å². The summed E-state index contributed by atoms with van der Waals surface area (Å²) in [7, 11) is 1.60. The topological polar surface area (TPSA) is 76.7 Å². The molecule has 0 aliphatic rings. The van der Waals surface area contributed by atoms with E-state index in [0.717, 1.165) is 11.3 Å². The minimum atomic E-state index is -0.673. The van der Waals surface area contributed by atoms with E-state index >= 15 is 0 Å². The Kier molecular flexibility index (Phi) is 6.22. The largest absolute Gasteiger partial charge is 0.497 e. The van der Waals surface area contributed by atoms with Crippen LogP contribution in [0.5, 0.6) is 5.75 Å². The van der Waals surface area contributed by atoms with Crippen LogP contribution in [-0.2, 0) is 16.1 Å². The summed E-state index contributed by atoms with van der Waals surface area (Å²) in [6.45, 7) is 7.28. The Morgan fingerprint density at radius 2 is 1.77 bits per heavy atom. The van der Waals surface area contributed by atoms with Crippen molar-refractivity contribution in [2.24, 2.45) is 0 Å². The Morgan fingerprint density at radius 1 is 1.18 bits per heavy atom. The fraction of sp³-hybridized carbons (Fsp3) is 0.500. The highest BCUT2D eigenvalue weighted by atomic mass is 16.6. The Labute approximate surface area is 131 Å². The minimum Gasteiger partial charge on any atom is -0.497 e. The molecule has 1 aromatic carbocycles. The monoisotopic (exact) mass is 308 g/mol. The number of carbonyl (C=O) groups excluding carboxylic acids is 2. The molecule has 1 aromatic rings. The quantitative estimate of drug-likeness (QED) is 0.874. The molecule has 1 rings (SSSR count). The molecular weight excluding hydrogens is 284 g/mol.